The van der Waals surface area contributed by atoms with E-state index in [2.05, 4.69) is 5.32 Å². The van der Waals surface area contributed by atoms with Gasteiger partial charge in [-0.05, 0) is 42.0 Å². The number of rotatable bonds is 10. The Labute approximate surface area is 263 Å². The Morgan fingerprint density at radius 2 is 1.67 bits per heavy atom. The normalized spacial score (nSPS) is 20.7. The molecule has 4 amide bonds. The van der Waals surface area contributed by atoms with Gasteiger partial charge in [0.15, 0.2) is 0 Å². The highest BCUT2D eigenvalue weighted by atomic mass is 19.1. The predicted octanol–water partition coefficient (Wildman–Crippen LogP) is 2.67. The second kappa shape index (κ2) is 14.4. The summed E-state index contributed by atoms with van der Waals surface area (Å²) in [6.07, 6.45) is -0.641. The third kappa shape index (κ3) is 7.98. The molecule has 3 N–H and O–H groups in total. The maximum Gasteiger partial charge on any atom is 0.410 e. The molecule has 0 bridgehead atoms. The number of hydrogen-bond acceptors (Lipinski definition) is 7. The van der Waals surface area contributed by atoms with Gasteiger partial charge in [0.1, 0.15) is 24.5 Å². The molecule has 0 radical (unpaired) electrons. The van der Waals surface area contributed by atoms with Crippen LogP contribution in [-0.4, -0.2) is 95.5 Å². The fourth-order valence-corrected chi connectivity index (χ4v) is 5.85. The van der Waals surface area contributed by atoms with Crippen molar-refractivity contribution in [2.45, 2.75) is 77.6 Å². The molecule has 1 unspecified atom stereocenters. The highest BCUT2D eigenvalue weighted by Crippen LogP contribution is 2.36. The largest absolute Gasteiger partial charge is 0.445 e. The highest BCUT2D eigenvalue weighted by molar-refractivity contribution is 5.92. The molecular weight excluding hydrogens is 581 g/mol. The smallest absolute Gasteiger partial charge is 0.410 e. The van der Waals surface area contributed by atoms with Gasteiger partial charge < -0.3 is 30.3 Å². The van der Waals surface area contributed by atoms with E-state index in [1.54, 1.807) is 28.9 Å². The van der Waals surface area contributed by atoms with Crippen LogP contribution in [0.25, 0.3) is 0 Å². The summed E-state index contributed by atoms with van der Waals surface area (Å²) >= 11 is 0. The van der Waals surface area contributed by atoms with Gasteiger partial charge in [-0.2, -0.15) is 0 Å². The molecule has 12 heteroatoms. The van der Waals surface area contributed by atoms with E-state index in [4.69, 9.17) is 15.2 Å². The molecule has 2 fully saturated rings. The number of carbonyl (C=O) groups is 4. The summed E-state index contributed by atoms with van der Waals surface area (Å²) in [6, 6.07) is 12.6. The molecule has 2 aromatic carbocycles. The highest BCUT2D eigenvalue weighted by Gasteiger charge is 2.54. The second-order valence-electron chi connectivity index (χ2n) is 12.7. The van der Waals surface area contributed by atoms with Crippen molar-refractivity contribution in [2.24, 2.45) is 11.1 Å². The molecule has 2 saturated heterocycles. The molecule has 2 heterocycles. The Morgan fingerprint density at radius 3 is 2.29 bits per heavy atom. The lowest BCUT2D eigenvalue weighted by molar-refractivity contribution is -0.143. The topological polar surface area (TPSA) is 135 Å². The van der Waals surface area contributed by atoms with Gasteiger partial charge in [0.05, 0.1) is 31.3 Å². The first-order valence-corrected chi connectivity index (χ1v) is 15.2. The van der Waals surface area contributed by atoms with Crippen LogP contribution < -0.4 is 11.1 Å². The van der Waals surface area contributed by atoms with Gasteiger partial charge in [-0.25, -0.2) is 9.18 Å². The number of amides is 4. The molecule has 2 aliphatic rings. The number of likely N-dealkylation sites (N-methyl/N-ethyl adjacent to an activating group) is 1. The number of ether oxygens (including phenoxy) is 2. The number of benzene rings is 2. The van der Waals surface area contributed by atoms with Crippen molar-refractivity contribution >= 4 is 23.8 Å². The lowest BCUT2D eigenvalue weighted by atomic mass is 9.85. The van der Waals surface area contributed by atoms with Crippen molar-refractivity contribution < 1.29 is 33.0 Å². The fourth-order valence-electron chi connectivity index (χ4n) is 5.85. The first kappa shape index (κ1) is 33.9. The maximum absolute atomic E-state index is 14.2. The van der Waals surface area contributed by atoms with E-state index in [0.717, 1.165) is 11.1 Å². The summed E-state index contributed by atoms with van der Waals surface area (Å²) < 4.78 is 25.0. The Morgan fingerprint density at radius 1 is 1.02 bits per heavy atom. The predicted molar refractivity (Wildman–Crippen MR) is 165 cm³/mol. The number of likely N-dealkylation sites (tertiary alicyclic amines) is 2. The SMILES string of the molecule is C[C@@H](C(=O)NC(C(=O)N1CC[C@@H]2[C@H]1[C@@H](OCc1ccc(F)cc1)CN2C(=O)CN)C(C)(C)C)N(C)C(=O)OCc1ccccc1. The summed E-state index contributed by atoms with van der Waals surface area (Å²) in [7, 11) is 1.47. The Kier molecular flexibility index (Phi) is 10.8. The molecule has 45 heavy (non-hydrogen) atoms. The van der Waals surface area contributed by atoms with Gasteiger partial charge in [0.25, 0.3) is 0 Å². The van der Waals surface area contributed by atoms with Crippen LogP contribution in [0.1, 0.15) is 45.2 Å². The average Bonchev–Trinajstić information content (AvgIpc) is 3.61. The molecule has 244 valence electrons. The van der Waals surface area contributed by atoms with Crippen molar-refractivity contribution in [1.29, 1.82) is 0 Å². The van der Waals surface area contributed by atoms with E-state index in [-0.39, 0.29) is 50.0 Å². The van der Waals surface area contributed by atoms with Gasteiger partial charge in [0, 0.05) is 20.1 Å². The Hall–Kier alpha value is -4.03. The lowest BCUT2D eigenvalue weighted by Crippen LogP contribution is -2.60. The van der Waals surface area contributed by atoms with Gasteiger partial charge in [0.2, 0.25) is 17.7 Å². The van der Waals surface area contributed by atoms with Crippen molar-refractivity contribution in [3.63, 3.8) is 0 Å². The van der Waals surface area contributed by atoms with Gasteiger partial charge in [-0.15, -0.1) is 0 Å². The third-order valence-corrected chi connectivity index (χ3v) is 8.59. The van der Waals surface area contributed by atoms with E-state index < -0.39 is 41.6 Å². The molecule has 11 nitrogen and oxygen atoms in total. The molecule has 0 spiro atoms. The van der Waals surface area contributed by atoms with Crippen molar-refractivity contribution in [1.82, 2.24) is 20.0 Å². The van der Waals surface area contributed by atoms with Crippen LogP contribution in [0.3, 0.4) is 0 Å². The van der Waals surface area contributed by atoms with Crippen LogP contribution in [0, 0.1) is 11.2 Å². The number of hydrogen-bond donors (Lipinski definition) is 2. The quantitative estimate of drug-likeness (QED) is 0.415. The van der Waals surface area contributed by atoms with E-state index in [1.165, 1.54) is 24.1 Å². The summed E-state index contributed by atoms with van der Waals surface area (Å²) in [5.41, 5.74) is 6.59. The van der Waals surface area contributed by atoms with Gasteiger partial charge in [-0.1, -0.05) is 63.2 Å². The molecule has 2 aromatic rings. The molecule has 4 rings (SSSR count). The standard InChI is InChI=1S/C33H44FN5O6/c1-21(37(5)32(43)45-20-22-9-7-6-8-10-22)30(41)36-29(33(2,3)4)31(42)38-16-15-25-28(38)26(18-39(25)27(40)17-35)44-19-23-11-13-24(34)14-12-23/h6-14,21,25-26,28-29H,15-20,35H2,1-5H3,(H,36,41)/t21-,25+,26-,28-,29?/m0/s1. The minimum Gasteiger partial charge on any atom is -0.445 e. The molecule has 0 saturated carbocycles. The zero-order valence-electron chi connectivity index (χ0n) is 26.6. The van der Waals surface area contributed by atoms with E-state index in [9.17, 15) is 23.6 Å². The van der Waals surface area contributed by atoms with Gasteiger partial charge in [-0.3, -0.25) is 19.3 Å². The van der Waals surface area contributed by atoms with E-state index >= 15 is 0 Å². The number of fused-ring (bicyclic) bond motifs is 1. The van der Waals surface area contributed by atoms with Crippen LogP contribution in [0.4, 0.5) is 9.18 Å². The van der Waals surface area contributed by atoms with Crippen LogP contribution in [0.15, 0.2) is 54.6 Å². The van der Waals surface area contributed by atoms with Gasteiger partial charge >= 0.3 is 6.09 Å². The zero-order valence-corrected chi connectivity index (χ0v) is 26.6. The summed E-state index contributed by atoms with van der Waals surface area (Å²) in [4.78, 5) is 57.7. The molecule has 0 aliphatic carbocycles. The summed E-state index contributed by atoms with van der Waals surface area (Å²) in [5, 5.41) is 2.89. The van der Waals surface area contributed by atoms with Crippen LogP contribution in [-0.2, 0) is 37.1 Å². The van der Waals surface area contributed by atoms with Crippen molar-refractivity contribution in [2.75, 3.05) is 26.7 Å². The number of nitrogens with two attached hydrogens (primary N) is 1. The van der Waals surface area contributed by atoms with Crippen LogP contribution in [0.5, 0.6) is 0 Å². The fraction of sp³-hybridized carbons (Fsp3) is 0.515. The first-order chi connectivity index (χ1) is 21.3. The number of halogens is 1. The Bertz CT molecular complexity index is 1350. The molecule has 2 aliphatic heterocycles. The van der Waals surface area contributed by atoms with E-state index in [1.807, 2.05) is 51.1 Å². The van der Waals surface area contributed by atoms with Crippen LogP contribution >= 0.6 is 0 Å². The molecule has 0 aromatic heterocycles. The van der Waals surface area contributed by atoms with Crippen molar-refractivity contribution in [3.05, 3.63) is 71.5 Å². The minimum absolute atomic E-state index is 0.0625. The summed E-state index contributed by atoms with van der Waals surface area (Å²) in [5.74, 6) is -1.40. The monoisotopic (exact) mass is 625 g/mol. The third-order valence-electron chi connectivity index (χ3n) is 8.59. The number of nitrogens with zero attached hydrogens (tertiary/aromatic N) is 3. The molecule has 5 atom stereocenters. The second-order valence-corrected chi connectivity index (χ2v) is 12.7. The van der Waals surface area contributed by atoms with E-state index in [0.29, 0.717) is 13.0 Å². The zero-order chi connectivity index (χ0) is 32.9. The van der Waals surface area contributed by atoms with Crippen LogP contribution in [0.2, 0.25) is 0 Å². The summed E-state index contributed by atoms with van der Waals surface area (Å²) in [6.45, 7) is 7.83. The maximum atomic E-state index is 14.2. The van der Waals surface area contributed by atoms with Crippen molar-refractivity contribution in [3.8, 4) is 0 Å². The number of carbonyl (C=O) groups excluding carboxylic acids is 4. The Balaban J connectivity index is 1.47. The minimum atomic E-state index is -0.933. The number of nitrogens with one attached hydrogen (secondary N) is 1. The molecular formula is C33H44FN5O6. The average molecular weight is 626 g/mol. The lowest BCUT2D eigenvalue weighted by Gasteiger charge is -2.37. The first-order valence-electron chi connectivity index (χ1n) is 15.2.